The molecule has 82 valence electrons. The molecule has 0 spiro atoms. The lowest BCUT2D eigenvalue weighted by Crippen LogP contribution is -2.48. The van der Waals surface area contributed by atoms with E-state index in [9.17, 15) is 0 Å². The van der Waals surface area contributed by atoms with Crippen molar-refractivity contribution in [2.75, 3.05) is 26.3 Å². The standard InChI is InChI=1S/C10H20N2OS/c1-2-13-8-7-12-6-4-3-5-9(12)10(11)14/h9H,2-8H2,1H3,(H2,11,14). The molecule has 1 saturated heterocycles. The van der Waals surface area contributed by atoms with E-state index in [0.717, 1.165) is 32.7 Å². The number of nitrogens with two attached hydrogens (primary N) is 1. The van der Waals surface area contributed by atoms with Crippen LogP contribution in [-0.4, -0.2) is 42.2 Å². The number of thiocarbonyl (C=S) groups is 1. The lowest BCUT2D eigenvalue weighted by Gasteiger charge is -2.34. The minimum absolute atomic E-state index is 0.305. The van der Waals surface area contributed by atoms with E-state index < -0.39 is 0 Å². The van der Waals surface area contributed by atoms with Crippen LogP contribution in [0.2, 0.25) is 0 Å². The molecule has 0 aromatic carbocycles. The van der Waals surface area contributed by atoms with Gasteiger partial charge in [-0.1, -0.05) is 18.6 Å². The number of ether oxygens (including phenoxy) is 1. The zero-order valence-electron chi connectivity index (χ0n) is 8.87. The van der Waals surface area contributed by atoms with Gasteiger partial charge in [-0.15, -0.1) is 0 Å². The molecular weight excluding hydrogens is 196 g/mol. The maximum atomic E-state index is 5.71. The van der Waals surface area contributed by atoms with Gasteiger partial charge in [0, 0.05) is 13.2 Å². The van der Waals surface area contributed by atoms with Gasteiger partial charge in [-0.25, -0.2) is 0 Å². The summed E-state index contributed by atoms with van der Waals surface area (Å²) < 4.78 is 5.34. The van der Waals surface area contributed by atoms with Crippen molar-refractivity contribution in [3.63, 3.8) is 0 Å². The summed E-state index contributed by atoms with van der Waals surface area (Å²) in [6, 6.07) is 0.305. The van der Waals surface area contributed by atoms with E-state index in [4.69, 9.17) is 22.7 Å². The van der Waals surface area contributed by atoms with Crippen molar-refractivity contribution in [3.8, 4) is 0 Å². The molecule has 4 heteroatoms. The zero-order chi connectivity index (χ0) is 10.4. The Labute approximate surface area is 91.6 Å². The fourth-order valence-electron chi connectivity index (χ4n) is 1.91. The number of piperidine rings is 1. The lowest BCUT2D eigenvalue weighted by molar-refractivity contribution is 0.0945. The first-order chi connectivity index (χ1) is 6.75. The van der Waals surface area contributed by atoms with E-state index in [-0.39, 0.29) is 0 Å². The lowest BCUT2D eigenvalue weighted by atomic mass is 10.0. The molecule has 1 heterocycles. The molecule has 3 nitrogen and oxygen atoms in total. The van der Waals surface area contributed by atoms with E-state index in [2.05, 4.69) is 4.90 Å². The van der Waals surface area contributed by atoms with Crippen molar-refractivity contribution in [2.24, 2.45) is 5.73 Å². The van der Waals surface area contributed by atoms with Crippen molar-refractivity contribution in [1.29, 1.82) is 0 Å². The van der Waals surface area contributed by atoms with Crippen LogP contribution >= 0.6 is 12.2 Å². The van der Waals surface area contributed by atoms with Crippen LogP contribution in [0.5, 0.6) is 0 Å². The second kappa shape index (κ2) is 6.32. The van der Waals surface area contributed by atoms with Crippen LogP contribution in [0.25, 0.3) is 0 Å². The summed E-state index contributed by atoms with van der Waals surface area (Å²) in [4.78, 5) is 2.99. The first kappa shape index (κ1) is 11.9. The van der Waals surface area contributed by atoms with E-state index in [1.165, 1.54) is 12.8 Å². The molecule has 14 heavy (non-hydrogen) atoms. The van der Waals surface area contributed by atoms with Crippen LogP contribution in [0.15, 0.2) is 0 Å². The van der Waals surface area contributed by atoms with Crippen LogP contribution < -0.4 is 5.73 Å². The minimum Gasteiger partial charge on any atom is -0.392 e. The Morgan fingerprint density at radius 3 is 3.00 bits per heavy atom. The molecule has 0 aromatic rings. The molecular formula is C10H20N2OS. The summed E-state index contributed by atoms with van der Waals surface area (Å²) >= 11 is 5.07. The van der Waals surface area contributed by atoms with Gasteiger partial charge in [-0.05, 0) is 26.3 Å². The molecule has 0 aromatic heterocycles. The van der Waals surface area contributed by atoms with E-state index in [0.29, 0.717) is 11.0 Å². The van der Waals surface area contributed by atoms with Gasteiger partial charge in [0.05, 0.1) is 17.6 Å². The smallest absolute Gasteiger partial charge is 0.0902 e. The Morgan fingerprint density at radius 1 is 1.57 bits per heavy atom. The SMILES string of the molecule is CCOCCN1CCCCC1C(N)=S. The van der Waals surface area contributed by atoms with E-state index >= 15 is 0 Å². The largest absolute Gasteiger partial charge is 0.392 e. The first-order valence-electron chi connectivity index (χ1n) is 5.36. The molecule has 0 amide bonds. The molecule has 0 saturated carbocycles. The average Bonchev–Trinajstić information content (AvgIpc) is 2.19. The Kier molecular flexibility index (Phi) is 5.37. The highest BCUT2D eigenvalue weighted by molar-refractivity contribution is 7.80. The quantitative estimate of drug-likeness (QED) is 0.553. The van der Waals surface area contributed by atoms with Crippen LogP contribution in [0, 0.1) is 0 Å². The fourth-order valence-corrected chi connectivity index (χ4v) is 2.17. The second-order valence-corrected chi connectivity index (χ2v) is 4.12. The highest BCUT2D eigenvalue weighted by Crippen LogP contribution is 2.16. The maximum Gasteiger partial charge on any atom is 0.0902 e. The van der Waals surface area contributed by atoms with Gasteiger partial charge in [-0.2, -0.15) is 0 Å². The highest BCUT2D eigenvalue weighted by atomic mass is 32.1. The molecule has 1 aliphatic heterocycles. The molecule has 1 fully saturated rings. The normalized spacial score (nSPS) is 23.6. The van der Waals surface area contributed by atoms with Crippen LogP contribution in [0.4, 0.5) is 0 Å². The number of rotatable bonds is 5. The molecule has 0 bridgehead atoms. The Bertz CT molecular complexity index is 187. The number of likely N-dealkylation sites (tertiary alicyclic amines) is 1. The third-order valence-corrected chi connectivity index (χ3v) is 2.94. The van der Waals surface area contributed by atoms with Gasteiger partial charge in [0.1, 0.15) is 0 Å². The van der Waals surface area contributed by atoms with Gasteiger partial charge >= 0.3 is 0 Å². The summed E-state index contributed by atoms with van der Waals surface area (Å²) in [6.45, 7) is 5.65. The zero-order valence-corrected chi connectivity index (χ0v) is 9.68. The molecule has 0 radical (unpaired) electrons. The van der Waals surface area contributed by atoms with Gasteiger partial charge in [-0.3, -0.25) is 4.90 Å². The highest BCUT2D eigenvalue weighted by Gasteiger charge is 2.23. The molecule has 1 aliphatic rings. The van der Waals surface area contributed by atoms with Crippen LogP contribution in [0.3, 0.4) is 0 Å². The Balaban J connectivity index is 2.34. The third-order valence-electron chi connectivity index (χ3n) is 2.67. The van der Waals surface area contributed by atoms with Crippen molar-refractivity contribution >= 4 is 17.2 Å². The summed E-state index contributed by atoms with van der Waals surface area (Å²) in [5, 5.41) is 0. The van der Waals surface area contributed by atoms with Crippen LogP contribution in [0.1, 0.15) is 26.2 Å². The fraction of sp³-hybridized carbons (Fsp3) is 0.900. The third kappa shape index (κ3) is 3.52. The summed E-state index contributed by atoms with van der Waals surface area (Å²) in [7, 11) is 0. The molecule has 2 N–H and O–H groups in total. The number of hydrogen-bond donors (Lipinski definition) is 1. The van der Waals surface area contributed by atoms with E-state index in [1.807, 2.05) is 6.92 Å². The van der Waals surface area contributed by atoms with Gasteiger partial charge in [0.15, 0.2) is 0 Å². The van der Waals surface area contributed by atoms with Gasteiger partial charge < -0.3 is 10.5 Å². The summed E-state index contributed by atoms with van der Waals surface area (Å²) in [5.74, 6) is 0. The monoisotopic (exact) mass is 216 g/mol. The van der Waals surface area contributed by atoms with Crippen molar-refractivity contribution < 1.29 is 4.74 Å². The van der Waals surface area contributed by atoms with Gasteiger partial charge in [0.25, 0.3) is 0 Å². The minimum atomic E-state index is 0.305. The van der Waals surface area contributed by atoms with E-state index in [1.54, 1.807) is 0 Å². The molecule has 1 unspecified atom stereocenters. The first-order valence-corrected chi connectivity index (χ1v) is 5.77. The van der Waals surface area contributed by atoms with Crippen molar-refractivity contribution in [1.82, 2.24) is 4.90 Å². The predicted octanol–water partition coefficient (Wildman–Crippen LogP) is 1.16. The van der Waals surface area contributed by atoms with Gasteiger partial charge in [0.2, 0.25) is 0 Å². The predicted molar refractivity (Wildman–Crippen MR) is 62.5 cm³/mol. The molecule has 1 rings (SSSR count). The molecule has 1 atom stereocenters. The van der Waals surface area contributed by atoms with Crippen molar-refractivity contribution in [2.45, 2.75) is 32.2 Å². The number of hydrogen-bond acceptors (Lipinski definition) is 3. The van der Waals surface area contributed by atoms with Crippen molar-refractivity contribution in [3.05, 3.63) is 0 Å². The molecule has 0 aliphatic carbocycles. The number of nitrogens with zero attached hydrogens (tertiary/aromatic N) is 1. The summed E-state index contributed by atoms with van der Waals surface area (Å²) in [5.41, 5.74) is 5.71. The average molecular weight is 216 g/mol. The Morgan fingerprint density at radius 2 is 2.36 bits per heavy atom. The Hall–Kier alpha value is -0.190. The second-order valence-electron chi connectivity index (χ2n) is 3.65. The maximum absolute atomic E-state index is 5.71. The van der Waals surface area contributed by atoms with Crippen LogP contribution in [-0.2, 0) is 4.74 Å². The topological polar surface area (TPSA) is 38.5 Å². The summed E-state index contributed by atoms with van der Waals surface area (Å²) in [6.07, 6.45) is 3.61.